The molecule has 0 aliphatic carbocycles. The molecule has 2 saturated heterocycles. The summed E-state index contributed by atoms with van der Waals surface area (Å²) in [5.41, 5.74) is 1.19. The highest BCUT2D eigenvalue weighted by atomic mass is 32.2. The Kier molecular flexibility index (Phi) is 12.3. The number of hydrogen-bond donors (Lipinski definition) is 4. The number of carbonyl (C=O) groups is 3. The summed E-state index contributed by atoms with van der Waals surface area (Å²) in [4.78, 5) is 36.0. The molecular formula is C25H38N4O6S. The fraction of sp³-hybridized carbons (Fsp3) is 0.640. The van der Waals surface area contributed by atoms with Gasteiger partial charge in [-0.25, -0.2) is 4.79 Å². The number of thioether (sulfide) groups is 1. The maximum absolute atomic E-state index is 12.3. The van der Waals surface area contributed by atoms with E-state index in [1.54, 1.807) is 24.3 Å². The van der Waals surface area contributed by atoms with Crippen LogP contribution in [0.15, 0.2) is 24.3 Å². The van der Waals surface area contributed by atoms with E-state index in [0.717, 1.165) is 25.0 Å². The number of anilines is 1. The number of unbranched alkanes of at least 4 members (excludes halogenated alkanes) is 1. The predicted molar refractivity (Wildman–Crippen MR) is 139 cm³/mol. The Bertz CT molecular complexity index is 840. The van der Waals surface area contributed by atoms with Crippen LogP contribution in [0.25, 0.3) is 0 Å². The summed E-state index contributed by atoms with van der Waals surface area (Å²) in [6.07, 6.45) is 3.16. The van der Waals surface area contributed by atoms with Crippen molar-refractivity contribution in [1.82, 2.24) is 16.0 Å². The standard InChI is InChI=1S/C25H38N4O6S/c1-2-33-13-14-35-16-15-34-12-11-26-24(31)18-7-9-19(10-8-18)27-22(30)6-4-3-5-21-23-20(17-36-21)28-25(32)29-23/h7-10,20-21,23H,2-6,11-17H2,1H3,(H,26,31)(H,27,30)(H2,28,29,32)/t20-,21-,23-/m1/s1. The normalized spacial score (nSPS) is 20.5. The molecule has 3 atom stereocenters. The van der Waals surface area contributed by atoms with Crippen molar-refractivity contribution in [1.29, 1.82) is 0 Å². The smallest absolute Gasteiger partial charge is 0.315 e. The summed E-state index contributed by atoms with van der Waals surface area (Å²) in [6, 6.07) is 7.21. The average Bonchev–Trinajstić information content (AvgIpc) is 3.42. The molecule has 2 heterocycles. The third kappa shape index (κ3) is 9.61. The lowest BCUT2D eigenvalue weighted by Gasteiger charge is -2.16. The Morgan fingerprint density at radius 1 is 1.00 bits per heavy atom. The fourth-order valence-corrected chi connectivity index (χ4v) is 5.67. The average molecular weight is 523 g/mol. The number of ether oxygens (including phenoxy) is 3. The van der Waals surface area contributed by atoms with Gasteiger partial charge in [0, 0.05) is 41.8 Å². The van der Waals surface area contributed by atoms with Crippen LogP contribution in [0.4, 0.5) is 10.5 Å². The van der Waals surface area contributed by atoms with Crippen molar-refractivity contribution < 1.29 is 28.6 Å². The maximum atomic E-state index is 12.3. The van der Waals surface area contributed by atoms with Crippen molar-refractivity contribution in [2.75, 3.05) is 57.3 Å². The highest BCUT2D eigenvalue weighted by Crippen LogP contribution is 2.33. The van der Waals surface area contributed by atoms with Crippen molar-refractivity contribution in [3.05, 3.63) is 29.8 Å². The quantitative estimate of drug-likeness (QED) is 0.182. The Balaban J connectivity index is 1.22. The van der Waals surface area contributed by atoms with Crippen molar-refractivity contribution in [2.45, 2.75) is 49.9 Å². The van der Waals surface area contributed by atoms with Crippen molar-refractivity contribution in [3.63, 3.8) is 0 Å². The first kappa shape index (κ1) is 28.2. The van der Waals surface area contributed by atoms with E-state index < -0.39 is 0 Å². The van der Waals surface area contributed by atoms with E-state index in [9.17, 15) is 14.4 Å². The van der Waals surface area contributed by atoms with Crippen molar-refractivity contribution >= 4 is 35.3 Å². The third-order valence-electron chi connectivity index (χ3n) is 5.99. The van der Waals surface area contributed by atoms with Gasteiger partial charge in [-0.15, -0.1) is 0 Å². The fourth-order valence-electron chi connectivity index (χ4n) is 4.13. The Morgan fingerprint density at radius 3 is 2.47 bits per heavy atom. The first-order valence-electron chi connectivity index (χ1n) is 12.7. The second-order valence-electron chi connectivity index (χ2n) is 8.67. The second kappa shape index (κ2) is 15.7. The van der Waals surface area contributed by atoms with Gasteiger partial charge in [0.05, 0.1) is 45.1 Å². The summed E-state index contributed by atoms with van der Waals surface area (Å²) in [5, 5.41) is 12.0. The molecular weight excluding hydrogens is 484 g/mol. The molecule has 0 spiro atoms. The minimum Gasteiger partial charge on any atom is -0.379 e. The summed E-state index contributed by atoms with van der Waals surface area (Å²) >= 11 is 1.89. The summed E-state index contributed by atoms with van der Waals surface area (Å²) in [7, 11) is 0. The second-order valence-corrected chi connectivity index (χ2v) is 9.94. The number of fused-ring (bicyclic) bond motifs is 1. The van der Waals surface area contributed by atoms with E-state index in [4.69, 9.17) is 14.2 Å². The molecule has 4 N–H and O–H groups in total. The highest BCUT2D eigenvalue weighted by Gasteiger charge is 2.42. The van der Waals surface area contributed by atoms with Crippen LogP contribution < -0.4 is 21.3 Å². The summed E-state index contributed by atoms with van der Waals surface area (Å²) in [5.74, 6) is 0.714. The van der Waals surface area contributed by atoms with E-state index in [1.807, 2.05) is 18.7 Å². The molecule has 0 saturated carbocycles. The Labute approximate surface area is 217 Å². The zero-order valence-electron chi connectivity index (χ0n) is 20.9. The van der Waals surface area contributed by atoms with E-state index in [0.29, 0.717) is 69.1 Å². The molecule has 2 aliphatic heterocycles. The van der Waals surface area contributed by atoms with Crippen LogP contribution in [-0.4, -0.2) is 87.1 Å². The van der Waals surface area contributed by atoms with Crippen LogP contribution in [-0.2, 0) is 19.0 Å². The highest BCUT2D eigenvalue weighted by molar-refractivity contribution is 8.00. The lowest BCUT2D eigenvalue weighted by atomic mass is 10.0. The minimum atomic E-state index is -0.190. The lowest BCUT2D eigenvalue weighted by Crippen LogP contribution is -2.36. The molecule has 2 fully saturated rings. The first-order chi connectivity index (χ1) is 17.6. The van der Waals surface area contributed by atoms with Gasteiger partial charge in [-0.05, 0) is 44.0 Å². The molecule has 200 valence electrons. The van der Waals surface area contributed by atoms with Crippen LogP contribution >= 0.6 is 11.8 Å². The van der Waals surface area contributed by atoms with Gasteiger partial charge in [0.2, 0.25) is 5.91 Å². The Hall–Kier alpha value is -2.34. The van der Waals surface area contributed by atoms with Gasteiger partial charge in [0.25, 0.3) is 5.91 Å². The molecule has 2 aliphatic rings. The number of hydrogen-bond acceptors (Lipinski definition) is 7. The SMILES string of the molecule is CCOCCOCCOCCNC(=O)c1ccc(NC(=O)CCCC[C@H]2SC[C@H]3NC(=O)N[C@H]32)cc1. The zero-order valence-corrected chi connectivity index (χ0v) is 21.7. The van der Waals surface area contributed by atoms with Crippen LogP contribution in [0, 0.1) is 0 Å². The number of benzene rings is 1. The number of amides is 4. The van der Waals surface area contributed by atoms with E-state index in [2.05, 4.69) is 21.3 Å². The van der Waals surface area contributed by atoms with E-state index >= 15 is 0 Å². The molecule has 0 aromatic heterocycles. The molecule has 0 unspecified atom stereocenters. The molecule has 4 amide bonds. The number of urea groups is 1. The van der Waals surface area contributed by atoms with Crippen LogP contribution in [0.1, 0.15) is 43.0 Å². The van der Waals surface area contributed by atoms with Gasteiger partial charge in [-0.2, -0.15) is 11.8 Å². The number of rotatable bonds is 17. The van der Waals surface area contributed by atoms with Crippen molar-refractivity contribution in [3.8, 4) is 0 Å². The van der Waals surface area contributed by atoms with Gasteiger partial charge in [-0.3, -0.25) is 9.59 Å². The molecule has 3 rings (SSSR count). The number of nitrogens with one attached hydrogen (secondary N) is 4. The van der Waals surface area contributed by atoms with Gasteiger partial charge in [-0.1, -0.05) is 6.42 Å². The molecule has 1 aromatic rings. The molecule has 0 bridgehead atoms. The largest absolute Gasteiger partial charge is 0.379 e. The molecule has 36 heavy (non-hydrogen) atoms. The summed E-state index contributed by atoms with van der Waals surface area (Å²) < 4.78 is 16.0. The maximum Gasteiger partial charge on any atom is 0.315 e. The third-order valence-corrected chi connectivity index (χ3v) is 7.50. The molecule has 1 aromatic carbocycles. The Morgan fingerprint density at radius 2 is 1.72 bits per heavy atom. The van der Waals surface area contributed by atoms with Gasteiger partial charge in [0.15, 0.2) is 0 Å². The lowest BCUT2D eigenvalue weighted by molar-refractivity contribution is -0.116. The zero-order chi connectivity index (χ0) is 25.6. The van der Waals surface area contributed by atoms with E-state index in [-0.39, 0.29) is 29.9 Å². The van der Waals surface area contributed by atoms with E-state index in [1.165, 1.54) is 0 Å². The van der Waals surface area contributed by atoms with Gasteiger partial charge < -0.3 is 35.5 Å². The molecule has 0 radical (unpaired) electrons. The van der Waals surface area contributed by atoms with Crippen LogP contribution in [0.2, 0.25) is 0 Å². The molecule has 11 heteroatoms. The monoisotopic (exact) mass is 522 g/mol. The first-order valence-corrected chi connectivity index (χ1v) is 13.7. The predicted octanol–water partition coefficient (Wildman–Crippen LogP) is 2.15. The number of carbonyl (C=O) groups excluding carboxylic acids is 3. The minimum absolute atomic E-state index is 0.0426. The molecule has 10 nitrogen and oxygen atoms in total. The topological polar surface area (TPSA) is 127 Å². The van der Waals surface area contributed by atoms with Crippen molar-refractivity contribution in [2.24, 2.45) is 0 Å². The summed E-state index contributed by atoms with van der Waals surface area (Å²) in [6.45, 7) is 5.51. The van der Waals surface area contributed by atoms with Gasteiger partial charge in [0.1, 0.15) is 0 Å². The van der Waals surface area contributed by atoms with Crippen LogP contribution in [0.5, 0.6) is 0 Å². The van der Waals surface area contributed by atoms with Gasteiger partial charge >= 0.3 is 6.03 Å². The van der Waals surface area contributed by atoms with Crippen LogP contribution in [0.3, 0.4) is 0 Å².